The van der Waals surface area contributed by atoms with Crippen molar-refractivity contribution in [2.24, 2.45) is 5.92 Å². The van der Waals surface area contributed by atoms with Crippen molar-refractivity contribution >= 4 is 24.0 Å². The second-order valence-corrected chi connectivity index (χ2v) is 16.3. The minimum atomic E-state index is -0.872. The zero-order valence-electron chi connectivity index (χ0n) is 35.1. The van der Waals surface area contributed by atoms with Crippen molar-refractivity contribution in [1.82, 2.24) is 5.32 Å². The van der Waals surface area contributed by atoms with Crippen molar-refractivity contribution in [2.75, 3.05) is 13.2 Å². The number of carbonyl (C=O) groups excluding carboxylic acids is 3. The molecular formula is C48H73NO8. The van der Waals surface area contributed by atoms with E-state index in [0.717, 1.165) is 53.9 Å². The summed E-state index contributed by atoms with van der Waals surface area (Å²) in [7, 11) is 0. The van der Waals surface area contributed by atoms with Crippen molar-refractivity contribution in [1.29, 1.82) is 0 Å². The summed E-state index contributed by atoms with van der Waals surface area (Å²) in [5.74, 6) is -1.36. The van der Waals surface area contributed by atoms with E-state index in [4.69, 9.17) is 9.84 Å². The third-order valence-corrected chi connectivity index (χ3v) is 11.4. The largest absolute Gasteiger partial charge is 0.481 e. The Bertz CT molecular complexity index is 1380. The van der Waals surface area contributed by atoms with E-state index in [1.807, 2.05) is 36.4 Å². The van der Waals surface area contributed by atoms with Crippen molar-refractivity contribution in [3.63, 3.8) is 0 Å². The third-order valence-electron chi connectivity index (χ3n) is 11.4. The van der Waals surface area contributed by atoms with Gasteiger partial charge in [0.15, 0.2) is 0 Å². The SMILES string of the molecule is CC(CCCCCCCCCCCCCCC(=O)OOC(=O)CNC(=O)OCC1c2ccccc2-c2ccccc21)CCCCCCCCCCCCCC(=O)O. The Balaban J connectivity index is 1.01. The molecule has 0 heterocycles. The van der Waals surface area contributed by atoms with Crippen LogP contribution >= 0.6 is 0 Å². The molecule has 0 saturated heterocycles. The molecule has 9 heteroatoms. The molecule has 57 heavy (non-hydrogen) atoms. The summed E-state index contributed by atoms with van der Waals surface area (Å²) in [4.78, 5) is 56.0. The van der Waals surface area contributed by atoms with E-state index in [2.05, 4.69) is 34.1 Å². The molecule has 3 rings (SSSR count). The molecule has 0 spiro atoms. The van der Waals surface area contributed by atoms with Gasteiger partial charge in [0.05, 0.1) is 6.42 Å². The van der Waals surface area contributed by atoms with Gasteiger partial charge in [-0.25, -0.2) is 24.2 Å². The average Bonchev–Trinajstić information content (AvgIpc) is 3.53. The monoisotopic (exact) mass is 792 g/mol. The molecule has 0 radical (unpaired) electrons. The molecule has 9 nitrogen and oxygen atoms in total. The number of hydrogen-bond acceptors (Lipinski definition) is 7. The Hall–Kier alpha value is -3.88. The first-order chi connectivity index (χ1) is 27.8. The van der Waals surface area contributed by atoms with E-state index < -0.39 is 30.5 Å². The van der Waals surface area contributed by atoms with E-state index in [1.165, 1.54) is 128 Å². The van der Waals surface area contributed by atoms with Crippen LogP contribution in [0.4, 0.5) is 4.79 Å². The molecule has 1 unspecified atom stereocenters. The van der Waals surface area contributed by atoms with Crippen molar-refractivity contribution in [2.45, 2.75) is 186 Å². The van der Waals surface area contributed by atoms with Crippen LogP contribution in [0.25, 0.3) is 11.1 Å². The Morgan fingerprint density at radius 2 is 0.930 bits per heavy atom. The van der Waals surface area contributed by atoms with E-state index in [9.17, 15) is 19.2 Å². The van der Waals surface area contributed by atoms with Gasteiger partial charge < -0.3 is 15.2 Å². The van der Waals surface area contributed by atoms with Gasteiger partial charge in [-0.2, -0.15) is 0 Å². The van der Waals surface area contributed by atoms with Crippen LogP contribution in [-0.4, -0.2) is 42.3 Å². The summed E-state index contributed by atoms with van der Waals surface area (Å²) in [5.41, 5.74) is 4.46. The summed E-state index contributed by atoms with van der Waals surface area (Å²) in [5, 5.41) is 11.0. The summed E-state index contributed by atoms with van der Waals surface area (Å²) < 4.78 is 5.41. The molecular weight excluding hydrogens is 719 g/mol. The zero-order chi connectivity index (χ0) is 40.8. The van der Waals surface area contributed by atoms with Gasteiger partial charge in [-0.15, -0.1) is 0 Å². The van der Waals surface area contributed by atoms with Gasteiger partial charge in [0.25, 0.3) is 0 Å². The van der Waals surface area contributed by atoms with Crippen molar-refractivity contribution < 1.29 is 38.8 Å². The summed E-state index contributed by atoms with van der Waals surface area (Å²) in [6.07, 6.45) is 30.8. The topological polar surface area (TPSA) is 128 Å². The molecule has 0 fully saturated rings. The Morgan fingerprint density at radius 3 is 1.39 bits per heavy atom. The van der Waals surface area contributed by atoms with Crippen LogP contribution in [0.5, 0.6) is 0 Å². The first-order valence-electron chi connectivity index (χ1n) is 22.6. The number of carbonyl (C=O) groups is 4. The molecule has 0 aromatic heterocycles. The van der Waals surface area contributed by atoms with Gasteiger partial charge in [-0.05, 0) is 41.0 Å². The van der Waals surface area contributed by atoms with Crippen molar-refractivity contribution in [3.8, 4) is 11.1 Å². The van der Waals surface area contributed by atoms with Crippen LogP contribution in [0.15, 0.2) is 48.5 Å². The summed E-state index contributed by atoms with van der Waals surface area (Å²) in [6, 6.07) is 16.1. The van der Waals surface area contributed by atoms with Crippen LogP contribution in [0.1, 0.15) is 197 Å². The fraction of sp³-hybridized carbons (Fsp3) is 0.667. The molecule has 0 aliphatic heterocycles. The van der Waals surface area contributed by atoms with E-state index in [1.54, 1.807) is 0 Å². The second kappa shape index (κ2) is 30.2. The molecule has 0 bridgehead atoms. The van der Waals surface area contributed by atoms with Gasteiger partial charge in [0.1, 0.15) is 13.2 Å². The molecule has 2 aromatic carbocycles. The number of rotatable bonds is 33. The van der Waals surface area contributed by atoms with Crippen LogP contribution in [-0.2, 0) is 28.9 Å². The van der Waals surface area contributed by atoms with Crippen LogP contribution in [0, 0.1) is 5.92 Å². The standard InChI is InChI=1S/C48H73NO8/c1-39(30-22-18-14-10-6-4-7-11-15-19-23-35-45(50)51)29-21-17-13-9-5-2-3-8-12-16-20-24-36-46(52)56-57-47(53)37-49-48(54)55-38-44-42-33-27-25-31-40(42)41-32-26-28-34-43(41)44/h25-28,31-34,39,44H,2-24,29-30,35-38H2,1H3,(H,49,54)(H,50,51). The number of unbranched alkanes of at least 4 members (excludes halogenated alkanes) is 21. The van der Waals surface area contributed by atoms with Crippen LogP contribution < -0.4 is 5.32 Å². The number of carboxylic acids is 1. The third kappa shape index (κ3) is 21.5. The molecule has 1 aliphatic carbocycles. The predicted octanol–water partition coefficient (Wildman–Crippen LogP) is 12.8. The number of ether oxygens (including phenoxy) is 1. The number of fused-ring (bicyclic) bond motifs is 3. The van der Waals surface area contributed by atoms with E-state index in [-0.39, 0.29) is 18.9 Å². The van der Waals surface area contributed by atoms with Gasteiger partial charge in [0, 0.05) is 12.3 Å². The Morgan fingerprint density at radius 1 is 0.544 bits per heavy atom. The number of nitrogens with one attached hydrogen (secondary N) is 1. The van der Waals surface area contributed by atoms with Gasteiger partial charge in [-0.3, -0.25) is 4.79 Å². The minimum absolute atomic E-state index is 0.0818. The number of hydrogen-bond donors (Lipinski definition) is 2. The number of carboxylic acid groups (broad SMARTS) is 1. The van der Waals surface area contributed by atoms with Gasteiger partial charge in [0.2, 0.25) is 0 Å². The lowest BCUT2D eigenvalue weighted by molar-refractivity contribution is -0.258. The smallest absolute Gasteiger partial charge is 0.407 e. The maximum Gasteiger partial charge on any atom is 0.407 e. The zero-order valence-corrected chi connectivity index (χ0v) is 35.1. The second-order valence-electron chi connectivity index (χ2n) is 16.3. The maximum atomic E-state index is 12.3. The minimum Gasteiger partial charge on any atom is -0.481 e. The van der Waals surface area contributed by atoms with E-state index >= 15 is 0 Å². The fourth-order valence-electron chi connectivity index (χ4n) is 7.99. The lowest BCUT2D eigenvalue weighted by Gasteiger charge is -2.14. The highest BCUT2D eigenvalue weighted by molar-refractivity contribution is 5.80. The highest BCUT2D eigenvalue weighted by Gasteiger charge is 2.29. The highest BCUT2D eigenvalue weighted by atomic mass is 17.2. The fourth-order valence-corrected chi connectivity index (χ4v) is 7.99. The number of alkyl carbamates (subject to hydrolysis) is 1. The first kappa shape index (κ1) is 47.5. The lowest BCUT2D eigenvalue weighted by atomic mass is 9.95. The van der Waals surface area contributed by atoms with Crippen LogP contribution in [0.3, 0.4) is 0 Å². The number of benzene rings is 2. The summed E-state index contributed by atoms with van der Waals surface area (Å²) in [6.45, 7) is 2.10. The molecule has 1 aliphatic rings. The molecule has 318 valence electrons. The van der Waals surface area contributed by atoms with Crippen molar-refractivity contribution in [3.05, 3.63) is 59.7 Å². The number of aliphatic carboxylic acids is 1. The Labute approximate surface area is 343 Å². The number of amides is 1. The first-order valence-corrected chi connectivity index (χ1v) is 22.6. The van der Waals surface area contributed by atoms with Gasteiger partial charge >= 0.3 is 24.0 Å². The maximum absolute atomic E-state index is 12.3. The summed E-state index contributed by atoms with van der Waals surface area (Å²) >= 11 is 0. The molecule has 1 atom stereocenters. The predicted molar refractivity (Wildman–Crippen MR) is 227 cm³/mol. The quantitative estimate of drug-likeness (QED) is 0.0415. The molecule has 0 saturated carbocycles. The van der Waals surface area contributed by atoms with Gasteiger partial charge in [-0.1, -0.05) is 203 Å². The lowest BCUT2D eigenvalue weighted by Crippen LogP contribution is -2.32. The normalized spacial score (nSPS) is 12.4. The molecule has 1 amide bonds. The van der Waals surface area contributed by atoms with E-state index in [0.29, 0.717) is 12.8 Å². The molecule has 2 N–H and O–H groups in total. The average molecular weight is 792 g/mol. The van der Waals surface area contributed by atoms with Crippen LogP contribution in [0.2, 0.25) is 0 Å². The highest BCUT2D eigenvalue weighted by Crippen LogP contribution is 2.44. The Kier molecular flexibility index (Phi) is 25.2. The molecule has 2 aromatic rings.